The number of ketones is 1. The summed E-state index contributed by atoms with van der Waals surface area (Å²) < 4.78 is 12.4. The third-order valence-corrected chi connectivity index (χ3v) is 5.98. The molecule has 2 aromatic rings. The third kappa shape index (κ3) is 3.66. The predicted molar refractivity (Wildman–Crippen MR) is 117 cm³/mol. The van der Waals surface area contributed by atoms with Gasteiger partial charge in [-0.1, -0.05) is 13.3 Å². The van der Waals surface area contributed by atoms with Crippen LogP contribution >= 0.6 is 0 Å². The molecule has 1 aromatic carbocycles. The number of methoxy groups -OCH3 is 2. The molecule has 0 fully saturated rings. The monoisotopic (exact) mass is 425 g/mol. The number of nitrogens with one attached hydrogen (secondary N) is 2. The van der Waals surface area contributed by atoms with Gasteiger partial charge in [-0.15, -0.1) is 0 Å². The van der Waals surface area contributed by atoms with E-state index >= 15 is 0 Å². The number of nitrogens with zero attached hydrogens (tertiary/aromatic N) is 1. The molecule has 1 aliphatic carbocycles. The zero-order chi connectivity index (χ0) is 22.1. The van der Waals surface area contributed by atoms with Crippen molar-refractivity contribution in [3.8, 4) is 11.5 Å². The van der Waals surface area contributed by atoms with Crippen molar-refractivity contribution in [2.45, 2.75) is 51.5 Å². The van der Waals surface area contributed by atoms with Gasteiger partial charge >= 0.3 is 5.69 Å². The van der Waals surface area contributed by atoms with Crippen molar-refractivity contribution in [3.63, 3.8) is 0 Å². The molecule has 8 nitrogen and oxygen atoms in total. The summed E-state index contributed by atoms with van der Waals surface area (Å²) in [5.41, 5.74) is 1.52. The Morgan fingerprint density at radius 1 is 1.06 bits per heavy atom. The van der Waals surface area contributed by atoms with Crippen LogP contribution in [-0.2, 0) is 11.3 Å². The lowest BCUT2D eigenvalue weighted by Crippen LogP contribution is -2.40. The molecule has 0 radical (unpaired) electrons. The van der Waals surface area contributed by atoms with Crippen LogP contribution in [0.3, 0.4) is 0 Å². The first-order valence-corrected chi connectivity index (χ1v) is 10.6. The van der Waals surface area contributed by atoms with E-state index < -0.39 is 17.2 Å². The SMILES string of the molecule is CCCCn1c2c(c(=O)[nH]c1=O)[C@@H](c1cc(OC)cc(OC)c1)C1=C(CCCC1=O)N2. The number of aromatic nitrogens is 2. The first-order valence-electron chi connectivity index (χ1n) is 10.6. The first-order chi connectivity index (χ1) is 15.0. The van der Waals surface area contributed by atoms with Crippen LogP contribution in [0.15, 0.2) is 39.1 Å². The van der Waals surface area contributed by atoms with E-state index in [1.165, 1.54) is 0 Å². The highest BCUT2D eigenvalue weighted by molar-refractivity contribution is 6.01. The number of allylic oxidation sites excluding steroid dienone is 2. The van der Waals surface area contributed by atoms with Gasteiger partial charge in [0.25, 0.3) is 5.56 Å². The van der Waals surface area contributed by atoms with Gasteiger partial charge in [0.2, 0.25) is 0 Å². The Morgan fingerprint density at radius 3 is 2.42 bits per heavy atom. The fourth-order valence-electron chi connectivity index (χ4n) is 4.46. The largest absolute Gasteiger partial charge is 0.497 e. The number of fused-ring (bicyclic) bond motifs is 1. The summed E-state index contributed by atoms with van der Waals surface area (Å²) in [4.78, 5) is 41.2. The van der Waals surface area contributed by atoms with Crippen LogP contribution in [0.5, 0.6) is 11.5 Å². The van der Waals surface area contributed by atoms with Crippen molar-refractivity contribution in [2.24, 2.45) is 0 Å². The van der Waals surface area contributed by atoms with Crippen molar-refractivity contribution >= 4 is 11.6 Å². The summed E-state index contributed by atoms with van der Waals surface area (Å²) in [7, 11) is 3.11. The fourth-order valence-corrected chi connectivity index (χ4v) is 4.46. The minimum Gasteiger partial charge on any atom is -0.497 e. The molecule has 0 bridgehead atoms. The second-order valence-electron chi connectivity index (χ2n) is 7.90. The molecule has 164 valence electrons. The van der Waals surface area contributed by atoms with E-state index in [4.69, 9.17) is 9.47 Å². The number of aromatic amines is 1. The van der Waals surface area contributed by atoms with E-state index in [9.17, 15) is 14.4 Å². The minimum atomic E-state index is -0.611. The number of Topliss-reactive ketones (excluding diaryl/α,β-unsaturated/α-hetero) is 1. The van der Waals surface area contributed by atoms with Gasteiger partial charge in [0.1, 0.15) is 17.3 Å². The quantitative estimate of drug-likeness (QED) is 0.738. The zero-order valence-electron chi connectivity index (χ0n) is 18.0. The Labute approximate surface area is 179 Å². The number of carbonyl (C=O) groups excluding carboxylic acids is 1. The van der Waals surface area contributed by atoms with Crippen LogP contribution in [0.2, 0.25) is 0 Å². The average molecular weight is 425 g/mol. The van der Waals surface area contributed by atoms with Gasteiger partial charge in [0.05, 0.1) is 19.8 Å². The highest BCUT2D eigenvalue weighted by Crippen LogP contribution is 2.45. The fraction of sp³-hybridized carbons (Fsp3) is 0.435. The number of benzene rings is 1. The number of anilines is 1. The summed E-state index contributed by atoms with van der Waals surface area (Å²) in [6, 6.07) is 5.38. The molecule has 2 heterocycles. The maximum absolute atomic E-state index is 13.1. The molecule has 1 aliphatic heterocycles. The average Bonchev–Trinajstić information content (AvgIpc) is 2.77. The normalized spacial score (nSPS) is 17.6. The molecular formula is C23H27N3O5. The number of hydrogen-bond acceptors (Lipinski definition) is 6. The summed E-state index contributed by atoms with van der Waals surface area (Å²) in [5, 5.41) is 3.28. The molecule has 0 saturated carbocycles. The van der Waals surface area contributed by atoms with Crippen molar-refractivity contribution in [3.05, 3.63) is 61.4 Å². The van der Waals surface area contributed by atoms with Crippen molar-refractivity contribution in [1.29, 1.82) is 0 Å². The highest BCUT2D eigenvalue weighted by atomic mass is 16.5. The molecule has 0 saturated heterocycles. The molecule has 8 heteroatoms. The summed E-state index contributed by atoms with van der Waals surface area (Å²) in [5.74, 6) is 1.01. The summed E-state index contributed by atoms with van der Waals surface area (Å²) in [6.45, 7) is 2.52. The third-order valence-electron chi connectivity index (χ3n) is 5.98. The van der Waals surface area contributed by atoms with Crippen LogP contribution in [0, 0.1) is 0 Å². The Balaban J connectivity index is 2.02. The maximum Gasteiger partial charge on any atom is 0.329 e. The first kappa shape index (κ1) is 21.0. The molecule has 1 aromatic heterocycles. The van der Waals surface area contributed by atoms with Crippen LogP contribution < -0.4 is 26.0 Å². The van der Waals surface area contributed by atoms with E-state index in [2.05, 4.69) is 10.3 Å². The number of H-pyrrole nitrogens is 1. The second-order valence-corrected chi connectivity index (χ2v) is 7.90. The molecule has 0 unspecified atom stereocenters. The molecule has 0 amide bonds. The van der Waals surface area contributed by atoms with Gasteiger partial charge in [0, 0.05) is 36.2 Å². The van der Waals surface area contributed by atoms with Gasteiger partial charge in [-0.2, -0.15) is 0 Å². The minimum absolute atomic E-state index is 0.0110. The Morgan fingerprint density at radius 2 is 1.77 bits per heavy atom. The molecule has 2 aliphatic rings. The number of hydrogen-bond donors (Lipinski definition) is 2. The van der Waals surface area contributed by atoms with Crippen LogP contribution in [-0.4, -0.2) is 29.6 Å². The Hall–Kier alpha value is -3.29. The molecule has 0 spiro atoms. The molecule has 1 atom stereocenters. The van der Waals surface area contributed by atoms with Gasteiger partial charge < -0.3 is 14.8 Å². The van der Waals surface area contributed by atoms with E-state index in [1.807, 2.05) is 19.1 Å². The summed E-state index contributed by atoms with van der Waals surface area (Å²) >= 11 is 0. The standard InChI is InChI=1S/C23H27N3O5/c1-4-5-9-26-21-20(22(28)25-23(26)29)18(19-16(24-21)7-6-8-17(19)27)13-10-14(30-2)12-15(11-13)31-3/h10-12,18,24H,4-9H2,1-3H3,(H,25,28,29)/t18-/m0/s1. The number of rotatable bonds is 6. The van der Waals surface area contributed by atoms with Gasteiger partial charge in [-0.05, 0) is 37.0 Å². The van der Waals surface area contributed by atoms with Gasteiger partial charge in [0.15, 0.2) is 5.78 Å². The molecule has 31 heavy (non-hydrogen) atoms. The molecule has 2 N–H and O–H groups in total. The summed E-state index contributed by atoms with van der Waals surface area (Å²) in [6.07, 6.45) is 3.55. The van der Waals surface area contributed by atoms with Crippen molar-refractivity contribution < 1.29 is 14.3 Å². The lowest BCUT2D eigenvalue weighted by atomic mass is 9.76. The Kier molecular flexibility index (Phi) is 5.71. The van der Waals surface area contributed by atoms with E-state index in [0.29, 0.717) is 53.4 Å². The van der Waals surface area contributed by atoms with E-state index in [1.54, 1.807) is 24.9 Å². The van der Waals surface area contributed by atoms with Crippen molar-refractivity contribution in [1.82, 2.24) is 9.55 Å². The van der Waals surface area contributed by atoms with Gasteiger partial charge in [-0.25, -0.2) is 4.79 Å². The van der Waals surface area contributed by atoms with Crippen molar-refractivity contribution in [2.75, 3.05) is 19.5 Å². The topological polar surface area (TPSA) is 102 Å². The highest BCUT2D eigenvalue weighted by Gasteiger charge is 2.38. The zero-order valence-corrected chi connectivity index (χ0v) is 18.0. The maximum atomic E-state index is 13.1. The van der Waals surface area contributed by atoms with Crippen LogP contribution in [0.25, 0.3) is 0 Å². The number of carbonyl (C=O) groups is 1. The van der Waals surface area contributed by atoms with E-state index in [-0.39, 0.29) is 5.78 Å². The lowest BCUT2D eigenvalue weighted by Gasteiger charge is -2.34. The molecule has 4 rings (SSSR count). The second kappa shape index (κ2) is 8.45. The van der Waals surface area contributed by atoms with Crippen LogP contribution in [0.4, 0.5) is 5.82 Å². The smallest absolute Gasteiger partial charge is 0.329 e. The predicted octanol–water partition coefficient (Wildman–Crippen LogP) is 2.92. The van der Waals surface area contributed by atoms with Crippen LogP contribution in [0.1, 0.15) is 56.1 Å². The number of unbranched alkanes of at least 4 members (excludes halogenated alkanes) is 1. The van der Waals surface area contributed by atoms with Gasteiger partial charge in [-0.3, -0.25) is 19.1 Å². The number of ether oxygens (including phenoxy) is 2. The Bertz CT molecular complexity index is 1150. The molecular weight excluding hydrogens is 398 g/mol. The van der Waals surface area contributed by atoms with E-state index in [0.717, 1.165) is 25.0 Å². The lowest BCUT2D eigenvalue weighted by molar-refractivity contribution is -0.116.